The van der Waals surface area contributed by atoms with E-state index in [1.807, 2.05) is 13.8 Å². The SMILES string of the molecule is CC(C)NCc1ccc(OCc2ncon2)c([N+](=O)[O-])c1. The molecule has 1 heterocycles. The summed E-state index contributed by atoms with van der Waals surface area (Å²) in [4.78, 5) is 14.5. The highest BCUT2D eigenvalue weighted by Gasteiger charge is 2.16. The number of hydrogen-bond donors (Lipinski definition) is 1. The number of rotatable bonds is 7. The Labute approximate surface area is 121 Å². The summed E-state index contributed by atoms with van der Waals surface area (Å²) in [5.41, 5.74) is 0.740. The topological polar surface area (TPSA) is 103 Å². The van der Waals surface area contributed by atoms with Crippen molar-refractivity contribution in [2.45, 2.75) is 33.0 Å². The molecule has 8 nitrogen and oxygen atoms in total. The zero-order chi connectivity index (χ0) is 15.2. The highest BCUT2D eigenvalue weighted by atomic mass is 16.6. The van der Waals surface area contributed by atoms with E-state index in [1.165, 1.54) is 12.5 Å². The molecule has 0 aliphatic carbocycles. The normalized spacial score (nSPS) is 10.8. The Kier molecular flexibility index (Phi) is 4.83. The van der Waals surface area contributed by atoms with E-state index in [-0.39, 0.29) is 18.0 Å². The minimum Gasteiger partial charge on any atom is -0.478 e. The van der Waals surface area contributed by atoms with Crippen molar-refractivity contribution in [1.29, 1.82) is 0 Å². The first-order valence-electron chi connectivity index (χ1n) is 6.45. The molecule has 2 aromatic rings. The second-order valence-corrected chi connectivity index (χ2v) is 4.73. The molecule has 1 aromatic heterocycles. The van der Waals surface area contributed by atoms with Gasteiger partial charge in [-0.15, -0.1) is 0 Å². The molecule has 0 aliphatic heterocycles. The summed E-state index contributed by atoms with van der Waals surface area (Å²) >= 11 is 0. The summed E-state index contributed by atoms with van der Waals surface area (Å²) in [6.07, 6.45) is 1.17. The number of benzene rings is 1. The van der Waals surface area contributed by atoms with Crippen LogP contribution in [0.5, 0.6) is 5.75 Å². The minimum atomic E-state index is -0.468. The molecule has 0 radical (unpaired) electrons. The van der Waals surface area contributed by atoms with Crippen molar-refractivity contribution in [1.82, 2.24) is 15.5 Å². The van der Waals surface area contributed by atoms with Crippen LogP contribution in [-0.4, -0.2) is 21.1 Å². The van der Waals surface area contributed by atoms with Gasteiger partial charge in [-0.1, -0.05) is 25.1 Å². The van der Waals surface area contributed by atoms with E-state index >= 15 is 0 Å². The van der Waals surface area contributed by atoms with E-state index in [9.17, 15) is 10.1 Å². The van der Waals surface area contributed by atoms with Crippen molar-refractivity contribution < 1.29 is 14.2 Å². The van der Waals surface area contributed by atoms with Crippen LogP contribution in [0.3, 0.4) is 0 Å². The van der Waals surface area contributed by atoms with Crippen LogP contribution in [0.2, 0.25) is 0 Å². The molecular formula is C13H16N4O4. The van der Waals surface area contributed by atoms with Crippen molar-refractivity contribution >= 4 is 5.69 Å². The third-order valence-corrected chi connectivity index (χ3v) is 2.70. The number of nitrogens with one attached hydrogen (secondary N) is 1. The molecule has 1 N–H and O–H groups in total. The van der Waals surface area contributed by atoms with Gasteiger partial charge < -0.3 is 14.6 Å². The Morgan fingerprint density at radius 2 is 2.29 bits per heavy atom. The molecule has 0 spiro atoms. The standard InChI is InChI=1S/C13H16N4O4/c1-9(2)14-6-10-3-4-12(11(5-10)17(18)19)20-7-13-15-8-21-16-13/h3-5,8-9,14H,6-7H2,1-2H3. The molecule has 0 atom stereocenters. The summed E-state index contributed by atoms with van der Waals surface area (Å²) in [7, 11) is 0. The lowest BCUT2D eigenvalue weighted by Crippen LogP contribution is -2.21. The lowest BCUT2D eigenvalue weighted by Gasteiger charge is -2.09. The van der Waals surface area contributed by atoms with Gasteiger partial charge in [-0.05, 0) is 11.6 Å². The largest absolute Gasteiger partial charge is 0.478 e. The van der Waals surface area contributed by atoms with E-state index in [4.69, 9.17) is 4.74 Å². The number of nitro groups is 1. The summed E-state index contributed by atoms with van der Waals surface area (Å²) in [5.74, 6) is 0.507. The van der Waals surface area contributed by atoms with Gasteiger partial charge in [-0.3, -0.25) is 10.1 Å². The van der Waals surface area contributed by atoms with Gasteiger partial charge >= 0.3 is 5.69 Å². The second kappa shape index (κ2) is 6.80. The lowest BCUT2D eigenvalue weighted by molar-refractivity contribution is -0.386. The molecular weight excluding hydrogens is 276 g/mol. The highest BCUT2D eigenvalue weighted by Crippen LogP contribution is 2.28. The Morgan fingerprint density at radius 1 is 1.48 bits per heavy atom. The Balaban J connectivity index is 2.11. The fourth-order valence-electron chi connectivity index (χ4n) is 1.66. The van der Waals surface area contributed by atoms with Gasteiger partial charge in [0.15, 0.2) is 12.4 Å². The maximum absolute atomic E-state index is 11.1. The van der Waals surface area contributed by atoms with E-state index in [1.54, 1.807) is 12.1 Å². The highest BCUT2D eigenvalue weighted by molar-refractivity contribution is 5.48. The molecule has 0 bridgehead atoms. The molecule has 0 amide bonds. The minimum absolute atomic E-state index is 0.0148. The van der Waals surface area contributed by atoms with Crippen LogP contribution in [0.1, 0.15) is 25.2 Å². The fourth-order valence-corrected chi connectivity index (χ4v) is 1.66. The fraction of sp³-hybridized carbons (Fsp3) is 0.385. The first-order valence-corrected chi connectivity index (χ1v) is 6.45. The first-order chi connectivity index (χ1) is 10.1. The van der Waals surface area contributed by atoms with E-state index in [0.717, 1.165) is 5.56 Å². The molecule has 0 saturated heterocycles. The van der Waals surface area contributed by atoms with Crippen LogP contribution in [0, 0.1) is 10.1 Å². The van der Waals surface area contributed by atoms with Crippen molar-refractivity contribution in [2.24, 2.45) is 0 Å². The molecule has 21 heavy (non-hydrogen) atoms. The van der Waals surface area contributed by atoms with Gasteiger partial charge in [0.05, 0.1) is 4.92 Å². The maximum Gasteiger partial charge on any atom is 0.311 e. The molecule has 2 rings (SSSR count). The Morgan fingerprint density at radius 3 is 2.90 bits per heavy atom. The van der Waals surface area contributed by atoms with Gasteiger partial charge in [0.25, 0.3) is 0 Å². The monoisotopic (exact) mass is 292 g/mol. The summed E-state index contributed by atoms with van der Waals surface area (Å²) in [6, 6.07) is 5.17. The zero-order valence-corrected chi connectivity index (χ0v) is 11.8. The molecule has 112 valence electrons. The van der Waals surface area contributed by atoms with Gasteiger partial charge in [0.2, 0.25) is 12.2 Å². The number of nitro benzene ring substituents is 1. The van der Waals surface area contributed by atoms with Gasteiger partial charge in [-0.25, -0.2) is 0 Å². The van der Waals surface area contributed by atoms with Gasteiger partial charge in [0, 0.05) is 18.7 Å². The average molecular weight is 292 g/mol. The first kappa shape index (κ1) is 14.9. The zero-order valence-electron chi connectivity index (χ0n) is 11.8. The Bertz CT molecular complexity index is 598. The van der Waals surface area contributed by atoms with Crippen LogP contribution >= 0.6 is 0 Å². The lowest BCUT2D eigenvalue weighted by atomic mass is 10.2. The second-order valence-electron chi connectivity index (χ2n) is 4.73. The molecule has 0 unspecified atom stereocenters. The third-order valence-electron chi connectivity index (χ3n) is 2.70. The predicted octanol–water partition coefficient (Wildman–Crippen LogP) is 2.05. The van der Waals surface area contributed by atoms with E-state index in [0.29, 0.717) is 18.4 Å². The molecule has 0 fully saturated rings. The predicted molar refractivity (Wildman–Crippen MR) is 73.7 cm³/mol. The summed E-state index contributed by atoms with van der Waals surface area (Å²) < 4.78 is 9.95. The van der Waals surface area contributed by atoms with Crippen molar-refractivity contribution in [3.8, 4) is 5.75 Å². The number of nitrogens with zero attached hydrogens (tertiary/aromatic N) is 3. The van der Waals surface area contributed by atoms with Crippen molar-refractivity contribution in [3.05, 3.63) is 46.1 Å². The maximum atomic E-state index is 11.1. The van der Waals surface area contributed by atoms with Crippen LogP contribution in [0.25, 0.3) is 0 Å². The average Bonchev–Trinajstić information content (AvgIpc) is 2.96. The molecule has 0 saturated carbocycles. The van der Waals surface area contributed by atoms with Gasteiger partial charge in [-0.2, -0.15) is 4.98 Å². The number of hydrogen-bond acceptors (Lipinski definition) is 7. The summed E-state index contributed by atoms with van der Waals surface area (Å²) in [6.45, 7) is 4.60. The van der Waals surface area contributed by atoms with Crippen LogP contribution < -0.4 is 10.1 Å². The molecule has 1 aromatic carbocycles. The molecule has 0 aliphatic rings. The third kappa shape index (κ3) is 4.25. The van der Waals surface area contributed by atoms with Crippen LogP contribution in [0.15, 0.2) is 29.1 Å². The van der Waals surface area contributed by atoms with Crippen LogP contribution in [-0.2, 0) is 13.2 Å². The quantitative estimate of drug-likeness (QED) is 0.615. The van der Waals surface area contributed by atoms with Crippen molar-refractivity contribution in [2.75, 3.05) is 0 Å². The number of ether oxygens (including phenoxy) is 1. The van der Waals surface area contributed by atoms with Gasteiger partial charge in [0.1, 0.15) is 0 Å². The number of aromatic nitrogens is 2. The smallest absolute Gasteiger partial charge is 0.311 e. The van der Waals surface area contributed by atoms with E-state index < -0.39 is 4.92 Å². The van der Waals surface area contributed by atoms with E-state index in [2.05, 4.69) is 20.0 Å². The summed E-state index contributed by atoms with van der Waals surface area (Å²) in [5, 5.41) is 17.9. The Hall–Kier alpha value is -2.48. The van der Waals surface area contributed by atoms with Crippen molar-refractivity contribution in [3.63, 3.8) is 0 Å². The molecule has 8 heteroatoms. The van der Waals surface area contributed by atoms with Crippen LogP contribution in [0.4, 0.5) is 5.69 Å².